The average molecular weight is 615 g/mol. The van der Waals surface area contributed by atoms with Gasteiger partial charge in [-0.15, -0.1) is 0 Å². The van der Waals surface area contributed by atoms with Crippen molar-refractivity contribution in [2.24, 2.45) is 10.9 Å². The van der Waals surface area contributed by atoms with Crippen LogP contribution in [0.5, 0.6) is 6.01 Å². The first kappa shape index (κ1) is 30.6. The van der Waals surface area contributed by atoms with Crippen molar-refractivity contribution < 1.29 is 37.8 Å². The van der Waals surface area contributed by atoms with Gasteiger partial charge in [0.25, 0.3) is 6.01 Å². The van der Waals surface area contributed by atoms with Crippen molar-refractivity contribution in [2.75, 3.05) is 13.2 Å². The van der Waals surface area contributed by atoms with Crippen molar-refractivity contribution in [3.63, 3.8) is 0 Å². The maximum absolute atomic E-state index is 12.3. The minimum Gasteiger partial charge on any atom is -0.478 e. The molecule has 45 heavy (non-hydrogen) atoms. The average Bonchev–Trinajstić information content (AvgIpc) is 3.54. The van der Waals surface area contributed by atoms with E-state index in [4.69, 9.17) is 28.9 Å². The molecule has 0 unspecified atom stereocenters. The van der Waals surface area contributed by atoms with E-state index in [1.165, 1.54) is 6.07 Å². The van der Waals surface area contributed by atoms with E-state index in [0.29, 0.717) is 40.3 Å². The zero-order chi connectivity index (χ0) is 32.1. The minimum absolute atomic E-state index is 0.00383. The predicted octanol–water partition coefficient (Wildman–Crippen LogP) is 5.09. The minimum atomic E-state index is -1.13. The normalized spacial score (nSPS) is 11.5. The summed E-state index contributed by atoms with van der Waals surface area (Å²) in [4.78, 5) is 44.9. The molecule has 0 amide bonds. The number of rotatable bonds is 11. The monoisotopic (exact) mass is 614 g/mol. The Morgan fingerprint density at radius 2 is 1.76 bits per heavy atom. The summed E-state index contributed by atoms with van der Waals surface area (Å²) >= 11 is 0. The van der Waals surface area contributed by atoms with E-state index in [2.05, 4.69) is 10.1 Å². The predicted molar refractivity (Wildman–Crippen MR) is 162 cm³/mol. The number of carbonyl (C=O) groups excluding carboxylic acids is 1. The van der Waals surface area contributed by atoms with Crippen LogP contribution in [0.15, 0.2) is 79.4 Å². The highest BCUT2D eigenvalue weighted by atomic mass is 16.8. The summed E-state index contributed by atoms with van der Waals surface area (Å²) in [5.41, 5.74) is 10.5. The Morgan fingerprint density at radius 1 is 1.00 bits per heavy atom. The van der Waals surface area contributed by atoms with Crippen LogP contribution in [-0.4, -0.2) is 45.8 Å². The zero-order valence-corrected chi connectivity index (χ0v) is 24.7. The van der Waals surface area contributed by atoms with Crippen LogP contribution in [0, 0.1) is 6.92 Å². The number of benzene rings is 3. The van der Waals surface area contributed by atoms with Crippen LogP contribution in [0.1, 0.15) is 52.4 Å². The Morgan fingerprint density at radius 3 is 2.42 bits per heavy atom. The van der Waals surface area contributed by atoms with E-state index in [1.807, 2.05) is 43.3 Å². The molecule has 0 aliphatic heterocycles. The van der Waals surface area contributed by atoms with Crippen LogP contribution in [0.2, 0.25) is 0 Å². The number of oxime groups is 1. The molecule has 5 aromatic rings. The van der Waals surface area contributed by atoms with Crippen molar-refractivity contribution in [1.29, 1.82) is 0 Å². The third-order valence-corrected chi connectivity index (χ3v) is 6.92. The van der Waals surface area contributed by atoms with Gasteiger partial charge in [-0.25, -0.2) is 14.4 Å². The van der Waals surface area contributed by atoms with E-state index in [1.54, 1.807) is 36.6 Å². The summed E-state index contributed by atoms with van der Waals surface area (Å²) in [5, 5.41) is 13.8. The lowest BCUT2D eigenvalue weighted by atomic mass is 9.98. The fourth-order valence-corrected chi connectivity index (χ4v) is 4.89. The van der Waals surface area contributed by atoms with E-state index < -0.39 is 17.9 Å². The first-order valence-corrected chi connectivity index (χ1v) is 14.0. The first-order valence-electron chi connectivity index (χ1n) is 14.0. The van der Waals surface area contributed by atoms with Gasteiger partial charge in [0, 0.05) is 12.0 Å². The second-order valence-corrected chi connectivity index (χ2v) is 9.79. The number of nitrogens with zero attached hydrogens (tertiary/aromatic N) is 3. The lowest BCUT2D eigenvalue weighted by molar-refractivity contribution is 0.0611. The van der Waals surface area contributed by atoms with Crippen molar-refractivity contribution >= 4 is 29.0 Å². The van der Waals surface area contributed by atoms with Crippen LogP contribution in [-0.2, 0) is 22.5 Å². The number of aromatic nitrogens is 2. The van der Waals surface area contributed by atoms with Crippen molar-refractivity contribution in [3.8, 4) is 17.1 Å². The molecule has 13 heteroatoms. The van der Waals surface area contributed by atoms with Crippen LogP contribution in [0.25, 0.3) is 22.2 Å². The zero-order valence-electron chi connectivity index (χ0n) is 24.7. The van der Waals surface area contributed by atoms with Crippen molar-refractivity contribution in [1.82, 2.24) is 9.55 Å². The highest BCUT2D eigenvalue weighted by molar-refractivity contribution is 6.04. The lowest BCUT2D eigenvalue weighted by Gasteiger charge is -2.13. The van der Waals surface area contributed by atoms with Crippen LogP contribution in [0.3, 0.4) is 0 Å². The number of hydrogen-bond acceptors (Lipinski definition) is 10. The highest BCUT2D eigenvalue weighted by Crippen LogP contribution is 2.31. The van der Waals surface area contributed by atoms with Gasteiger partial charge in [-0.05, 0) is 49.1 Å². The highest BCUT2D eigenvalue weighted by Gasteiger charge is 2.23. The maximum atomic E-state index is 12.3. The number of carboxylic acids is 1. The number of hydrogen-bond donors (Lipinski definition) is 2. The third kappa shape index (κ3) is 6.56. The van der Waals surface area contributed by atoms with Gasteiger partial charge in [0.1, 0.15) is 5.76 Å². The molecule has 0 aliphatic rings. The fraction of sp³-hybridized carbons (Fsp3) is 0.219. The summed E-state index contributed by atoms with van der Waals surface area (Å²) in [6.45, 7) is 5.76. The van der Waals surface area contributed by atoms with Crippen LogP contribution < -0.4 is 16.3 Å². The maximum Gasteiger partial charge on any atom is 0.535 e. The second-order valence-electron chi connectivity index (χ2n) is 9.79. The lowest BCUT2D eigenvalue weighted by Crippen LogP contribution is -2.16. The van der Waals surface area contributed by atoms with Gasteiger partial charge in [0.15, 0.2) is 11.6 Å². The smallest absolute Gasteiger partial charge is 0.478 e. The Labute approximate surface area is 256 Å². The molecule has 13 nitrogen and oxygen atoms in total. The summed E-state index contributed by atoms with van der Waals surface area (Å²) in [6.07, 6.45) is -0.788. The van der Waals surface area contributed by atoms with E-state index in [0.717, 1.165) is 16.7 Å². The second kappa shape index (κ2) is 13.2. The Hall–Kier alpha value is -5.85. The van der Waals surface area contributed by atoms with E-state index in [9.17, 15) is 19.5 Å². The van der Waals surface area contributed by atoms with Gasteiger partial charge < -0.3 is 29.1 Å². The quantitative estimate of drug-likeness (QED) is 0.0665. The number of carboxylic acid groups (broad SMARTS) is 1. The molecule has 0 aliphatic carbocycles. The summed E-state index contributed by atoms with van der Waals surface area (Å²) < 4.78 is 22.5. The van der Waals surface area contributed by atoms with E-state index >= 15 is 0 Å². The van der Waals surface area contributed by atoms with Gasteiger partial charge >= 0.3 is 17.9 Å². The fourth-order valence-electron chi connectivity index (χ4n) is 4.89. The number of amidine groups is 1. The molecular formula is C32H30N4O9. The molecule has 232 valence electrons. The Kier molecular flexibility index (Phi) is 8.98. The summed E-state index contributed by atoms with van der Waals surface area (Å²) in [6, 6.07) is 18.2. The number of imidazole rings is 1. The molecule has 5 rings (SSSR count). The Bertz CT molecular complexity index is 1950. The van der Waals surface area contributed by atoms with E-state index in [-0.39, 0.29) is 37.0 Å². The molecule has 0 bridgehead atoms. The van der Waals surface area contributed by atoms with Crippen molar-refractivity contribution in [3.05, 3.63) is 105 Å². The molecule has 0 fully saturated rings. The standard InChI is InChI=1S/C32H30N4O9/c1-4-41-30-34-26-21(16-25-18(3)43-32(40)44-25)14-15-24(29(37)38)27(26)36(30)17-19-10-12-20(13-11-19)22-8-6-7-9-23(22)28(33)35-45-31(39)42-5-2/h6-15H,4-5,16-17H2,1-3H3,(H2,33,35)(H,37,38). The number of fused-ring (bicyclic) bond motifs is 1. The molecule has 3 aromatic carbocycles. The van der Waals surface area contributed by atoms with Crippen LogP contribution >= 0.6 is 0 Å². The molecule has 0 spiro atoms. The van der Waals surface area contributed by atoms with Crippen LogP contribution in [0.4, 0.5) is 4.79 Å². The molecule has 0 saturated carbocycles. The summed E-state index contributed by atoms with van der Waals surface area (Å²) in [7, 11) is 0. The number of ether oxygens (including phenoxy) is 2. The largest absolute Gasteiger partial charge is 0.535 e. The number of carbonyl (C=O) groups is 2. The SMILES string of the molecule is CCOC(=O)ON=C(N)c1ccccc1-c1ccc(Cn2c(OCC)nc3c(Cc4oc(=O)oc4C)ccc(C(=O)O)c32)cc1. The molecule has 0 atom stereocenters. The molecule has 0 radical (unpaired) electrons. The van der Waals surface area contributed by atoms with Gasteiger partial charge in [-0.1, -0.05) is 59.8 Å². The van der Waals surface area contributed by atoms with Gasteiger partial charge in [-0.3, -0.25) is 9.40 Å². The summed E-state index contributed by atoms with van der Waals surface area (Å²) in [5.74, 6) is -1.28. The molecule has 0 saturated heterocycles. The van der Waals surface area contributed by atoms with Gasteiger partial charge in [0.2, 0.25) is 0 Å². The number of aromatic carboxylic acids is 1. The van der Waals surface area contributed by atoms with Gasteiger partial charge in [-0.2, -0.15) is 4.98 Å². The molecular weight excluding hydrogens is 584 g/mol. The number of nitrogens with two attached hydrogens (primary N) is 1. The van der Waals surface area contributed by atoms with Crippen molar-refractivity contribution in [2.45, 2.75) is 33.7 Å². The Balaban J connectivity index is 1.51. The molecule has 3 N–H and O–H groups in total. The topological polar surface area (TPSA) is 182 Å². The van der Waals surface area contributed by atoms with Gasteiger partial charge in [0.05, 0.1) is 36.4 Å². The first-order chi connectivity index (χ1) is 21.7. The number of aryl methyl sites for hydroxylation is 1. The molecule has 2 heterocycles. The third-order valence-electron chi connectivity index (χ3n) is 6.92. The molecule has 2 aromatic heterocycles.